The third kappa shape index (κ3) is 5.33. The van der Waals surface area contributed by atoms with Crippen molar-refractivity contribution in [2.45, 2.75) is 58.3 Å². The number of unbranched alkanes of at least 4 members (excludes halogenated alkanes) is 3. The van der Waals surface area contributed by atoms with Gasteiger partial charge in [-0.25, -0.2) is 0 Å². The number of esters is 1. The highest BCUT2D eigenvalue weighted by Crippen LogP contribution is 2.40. The molecule has 0 heterocycles. The van der Waals surface area contributed by atoms with E-state index in [1.165, 1.54) is 32.1 Å². The maximum atomic E-state index is 11.4. The fourth-order valence-corrected chi connectivity index (χ4v) is 2.37. The minimum atomic E-state index is -0.00744. The quantitative estimate of drug-likeness (QED) is 0.383. The standard InChI is InChI=1S/C13H23BrO2/c1-13(8-6-9-13)11-16-12(15)7-4-2-3-5-10-14/h2-11H2,1H3. The molecule has 1 aliphatic carbocycles. The van der Waals surface area contributed by atoms with E-state index in [4.69, 9.17) is 4.74 Å². The summed E-state index contributed by atoms with van der Waals surface area (Å²) in [5.74, 6) is -0.00744. The van der Waals surface area contributed by atoms with Crippen molar-refractivity contribution in [3.8, 4) is 0 Å². The Hall–Kier alpha value is -0.0500. The lowest BCUT2D eigenvalue weighted by atomic mass is 9.71. The van der Waals surface area contributed by atoms with Gasteiger partial charge in [0.25, 0.3) is 0 Å². The van der Waals surface area contributed by atoms with Crippen LogP contribution in [-0.2, 0) is 9.53 Å². The van der Waals surface area contributed by atoms with E-state index in [9.17, 15) is 4.79 Å². The van der Waals surface area contributed by atoms with Gasteiger partial charge in [0.1, 0.15) is 0 Å². The van der Waals surface area contributed by atoms with Crippen LogP contribution in [0.1, 0.15) is 58.3 Å². The fourth-order valence-electron chi connectivity index (χ4n) is 1.97. The van der Waals surface area contributed by atoms with Crippen molar-refractivity contribution >= 4 is 21.9 Å². The molecule has 1 saturated carbocycles. The molecule has 0 amide bonds. The second-order valence-electron chi connectivity index (χ2n) is 5.18. The molecular weight excluding hydrogens is 268 g/mol. The number of carbonyl (C=O) groups is 1. The Balaban J connectivity index is 1.94. The predicted octanol–water partition coefficient (Wildman–Crippen LogP) is 4.07. The first-order valence-electron chi connectivity index (χ1n) is 6.38. The van der Waals surface area contributed by atoms with Gasteiger partial charge in [0.05, 0.1) is 6.61 Å². The third-order valence-electron chi connectivity index (χ3n) is 3.41. The molecule has 0 bridgehead atoms. The Morgan fingerprint density at radius 3 is 2.50 bits per heavy atom. The average Bonchev–Trinajstić information content (AvgIpc) is 2.23. The summed E-state index contributed by atoms with van der Waals surface area (Å²) >= 11 is 3.40. The summed E-state index contributed by atoms with van der Waals surface area (Å²) in [4.78, 5) is 11.4. The minimum Gasteiger partial charge on any atom is -0.465 e. The second-order valence-corrected chi connectivity index (χ2v) is 5.97. The topological polar surface area (TPSA) is 26.3 Å². The first-order chi connectivity index (χ1) is 7.66. The van der Waals surface area contributed by atoms with Crippen LogP contribution in [0.5, 0.6) is 0 Å². The van der Waals surface area contributed by atoms with Crippen molar-refractivity contribution < 1.29 is 9.53 Å². The van der Waals surface area contributed by atoms with Gasteiger partial charge in [-0.1, -0.05) is 42.1 Å². The van der Waals surface area contributed by atoms with Crippen LogP contribution in [0.15, 0.2) is 0 Å². The van der Waals surface area contributed by atoms with Crippen LogP contribution in [0.2, 0.25) is 0 Å². The first-order valence-corrected chi connectivity index (χ1v) is 7.50. The molecule has 0 saturated heterocycles. The maximum absolute atomic E-state index is 11.4. The molecule has 94 valence electrons. The number of rotatable bonds is 8. The van der Waals surface area contributed by atoms with Gasteiger partial charge < -0.3 is 4.74 Å². The van der Waals surface area contributed by atoms with E-state index >= 15 is 0 Å². The molecule has 2 nitrogen and oxygen atoms in total. The lowest BCUT2D eigenvalue weighted by molar-refractivity contribution is -0.149. The van der Waals surface area contributed by atoms with Crippen LogP contribution in [0, 0.1) is 5.41 Å². The molecule has 1 fully saturated rings. The van der Waals surface area contributed by atoms with Crippen molar-refractivity contribution in [3.63, 3.8) is 0 Å². The van der Waals surface area contributed by atoms with E-state index < -0.39 is 0 Å². The van der Waals surface area contributed by atoms with E-state index in [0.717, 1.165) is 18.2 Å². The number of hydrogen-bond acceptors (Lipinski definition) is 2. The molecule has 0 aromatic rings. The highest BCUT2D eigenvalue weighted by molar-refractivity contribution is 9.09. The van der Waals surface area contributed by atoms with Crippen molar-refractivity contribution in [2.75, 3.05) is 11.9 Å². The van der Waals surface area contributed by atoms with E-state index in [0.29, 0.717) is 18.4 Å². The van der Waals surface area contributed by atoms with E-state index in [1.54, 1.807) is 0 Å². The lowest BCUT2D eigenvalue weighted by Gasteiger charge is -2.37. The normalized spacial score (nSPS) is 17.9. The van der Waals surface area contributed by atoms with Gasteiger partial charge in [0.15, 0.2) is 0 Å². The molecule has 0 unspecified atom stereocenters. The van der Waals surface area contributed by atoms with Crippen LogP contribution in [0.4, 0.5) is 0 Å². The predicted molar refractivity (Wildman–Crippen MR) is 69.8 cm³/mol. The highest BCUT2D eigenvalue weighted by atomic mass is 79.9. The molecule has 0 aromatic carbocycles. The SMILES string of the molecule is CC1(COC(=O)CCCCCCBr)CCC1. The van der Waals surface area contributed by atoms with Crippen LogP contribution in [0.25, 0.3) is 0 Å². The number of hydrogen-bond donors (Lipinski definition) is 0. The number of alkyl halides is 1. The van der Waals surface area contributed by atoms with Crippen molar-refractivity contribution in [3.05, 3.63) is 0 Å². The smallest absolute Gasteiger partial charge is 0.305 e. The number of carbonyl (C=O) groups excluding carboxylic acids is 1. The van der Waals surface area contributed by atoms with Gasteiger partial charge in [-0.15, -0.1) is 0 Å². The summed E-state index contributed by atoms with van der Waals surface area (Å²) < 4.78 is 5.31. The Morgan fingerprint density at radius 2 is 1.94 bits per heavy atom. The van der Waals surface area contributed by atoms with E-state index in [2.05, 4.69) is 22.9 Å². The van der Waals surface area contributed by atoms with Crippen molar-refractivity contribution in [2.24, 2.45) is 5.41 Å². The summed E-state index contributed by atoms with van der Waals surface area (Å²) in [5, 5.41) is 1.07. The molecule has 1 aliphatic rings. The highest BCUT2D eigenvalue weighted by Gasteiger charge is 2.32. The molecule has 3 heteroatoms. The summed E-state index contributed by atoms with van der Waals surface area (Å²) in [5.41, 5.74) is 0.297. The monoisotopic (exact) mass is 290 g/mol. The molecule has 0 aliphatic heterocycles. The zero-order chi connectivity index (χ0) is 11.9. The molecule has 16 heavy (non-hydrogen) atoms. The summed E-state index contributed by atoms with van der Waals surface area (Å²) in [7, 11) is 0. The summed E-state index contributed by atoms with van der Waals surface area (Å²) in [6, 6.07) is 0. The van der Waals surface area contributed by atoms with E-state index in [1.807, 2.05) is 0 Å². The van der Waals surface area contributed by atoms with Crippen molar-refractivity contribution in [1.82, 2.24) is 0 Å². The van der Waals surface area contributed by atoms with Crippen LogP contribution in [0.3, 0.4) is 0 Å². The zero-order valence-corrected chi connectivity index (χ0v) is 11.9. The Bertz CT molecular complexity index is 212. The van der Waals surface area contributed by atoms with Gasteiger partial charge in [0, 0.05) is 17.2 Å². The molecule has 0 aromatic heterocycles. The molecule has 1 rings (SSSR count). The number of halogens is 1. The molecule has 0 N–H and O–H groups in total. The van der Waals surface area contributed by atoms with Crippen LogP contribution >= 0.6 is 15.9 Å². The minimum absolute atomic E-state index is 0.00744. The summed E-state index contributed by atoms with van der Waals surface area (Å²) in [6.07, 6.45) is 8.83. The molecular formula is C13H23BrO2. The summed E-state index contributed by atoms with van der Waals surface area (Å²) in [6.45, 7) is 2.84. The Morgan fingerprint density at radius 1 is 1.25 bits per heavy atom. The fraction of sp³-hybridized carbons (Fsp3) is 0.923. The van der Waals surface area contributed by atoms with Gasteiger partial charge in [-0.05, 0) is 25.7 Å². The van der Waals surface area contributed by atoms with Gasteiger partial charge >= 0.3 is 5.97 Å². The van der Waals surface area contributed by atoms with Gasteiger partial charge in [-0.3, -0.25) is 4.79 Å². The van der Waals surface area contributed by atoms with Gasteiger partial charge in [0.2, 0.25) is 0 Å². The third-order valence-corrected chi connectivity index (χ3v) is 3.97. The zero-order valence-electron chi connectivity index (χ0n) is 10.3. The van der Waals surface area contributed by atoms with Crippen LogP contribution < -0.4 is 0 Å². The number of ether oxygens (including phenoxy) is 1. The average molecular weight is 291 g/mol. The second kappa shape index (κ2) is 7.31. The Kier molecular flexibility index (Phi) is 6.40. The molecule has 0 spiro atoms. The maximum Gasteiger partial charge on any atom is 0.305 e. The van der Waals surface area contributed by atoms with E-state index in [-0.39, 0.29) is 5.97 Å². The molecule has 0 atom stereocenters. The van der Waals surface area contributed by atoms with Crippen molar-refractivity contribution in [1.29, 1.82) is 0 Å². The largest absolute Gasteiger partial charge is 0.465 e. The molecule has 0 radical (unpaired) electrons. The Labute approximate surface area is 107 Å². The van der Waals surface area contributed by atoms with Gasteiger partial charge in [-0.2, -0.15) is 0 Å². The lowest BCUT2D eigenvalue weighted by Crippen LogP contribution is -2.32. The first kappa shape index (κ1) is 14.0. The van der Waals surface area contributed by atoms with Crippen LogP contribution in [-0.4, -0.2) is 17.9 Å².